The molecule has 6 aliphatic heterocycles. The Morgan fingerprint density at radius 2 is 0.818 bits per heavy atom. The van der Waals surface area contributed by atoms with E-state index in [-0.39, 0.29) is 88.3 Å². The summed E-state index contributed by atoms with van der Waals surface area (Å²) in [5.41, 5.74) is 36.5. The van der Waals surface area contributed by atoms with Gasteiger partial charge in [-0.05, 0) is 210 Å². The number of para-hydroxylation sites is 3. The minimum absolute atomic E-state index is 0. The van der Waals surface area contributed by atoms with Crippen LogP contribution in [0.3, 0.4) is 0 Å². The van der Waals surface area contributed by atoms with E-state index >= 15 is 0 Å². The summed E-state index contributed by atoms with van der Waals surface area (Å²) in [7, 11) is 0. The van der Waals surface area contributed by atoms with E-state index in [0.29, 0.717) is 35.2 Å². The molecule has 686 valence electrons. The third-order valence-electron chi connectivity index (χ3n) is 23.3. The Balaban J connectivity index is 0.000000147. The van der Waals surface area contributed by atoms with Gasteiger partial charge in [-0.15, -0.1) is 4.90 Å². The van der Waals surface area contributed by atoms with Crippen molar-refractivity contribution in [3.8, 4) is 0 Å². The van der Waals surface area contributed by atoms with Crippen molar-refractivity contribution in [2.75, 3.05) is 91.0 Å². The zero-order valence-electron chi connectivity index (χ0n) is 74.2. The number of rotatable bonds is 16. The minimum Gasteiger partial charge on any atom is -0.775 e. The van der Waals surface area contributed by atoms with Gasteiger partial charge in [0, 0.05) is 166 Å². The fourth-order valence-corrected chi connectivity index (χ4v) is 19.5. The number of imidazole rings is 3. The van der Waals surface area contributed by atoms with Gasteiger partial charge < -0.3 is 90.4 Å². The van der Waals surface area contributed by atoms with E-state index in [0.717, 1.165) is 176 Å². The second-order valence-electron chi connectivity index (χ2n) is 33.7. The number of carbonyl (C=O) groups excluding carboxylic acids is 2. The summed E-state index contributed by atoms with van der Waals surface area (Å²) in [5, 5.41) is 52.5. The molecule has 3 spiro atoms. The first-order valence-corrected chi connectivity index (χ1v) is 44.7. The van der Waals surface area contributed by atoms with E-state index in [1.165, 1.54) is 0 Å². The molecule has 0 unspecified atom stereocenters. The number of piperidine rings is 3. The molecule has 6 fully saturated rings. The average Bonchev–Trinajstić information content (AvgIpc) is 1.58. The number of pyridine rings is 3. The maximum absolute atomic E-state index is 12.6. The van der Waals surface area contributed by atoms with Crippen molar-refractivity contribution in [1.82, 2.24) is 68.7 Å². The van der Waals surface area contributed by atoms with Gasteiger partial charge in [0.25, 0.3) is 0 Å². The largest absolute Gasteiger partial charge is 1.00 e. The molecule has 6 saturated heterocycles. The fourth-order valence-electron chi connectivity index (χ4n) is 16.9. The number of alkyl carbamates (subject to hydrolysis) is 2. The molecule has 2 amide bonds. The van der Waals surface area contributed by atoms with Gasteiger partial charge in [-0.2, -0.15) is 5.53 Å². The Hall–Kier alpha value is -12.1. The van der Waals surface area contributed by atoms with Crippen LogP contribution in [0.1, 0.15) is 101 Å². The van der Waals surface area contributed by atoms with Crippen LogP contribution in [0.4, 0.5) is 44.5 Å². The summed E-state index contributed by atoms with van der Waals surface area (Å²) in [4.78, 5) is 77.7. The first kappa shape index (κ1) is 97.5. The number of nitrogens with one attached hydrogen (secondary N) is 3. The summed E-state index contributed by atoms with van der Waals surface area (Å²) < 4.78 is 36.1. The van der Waals surface area contributed by atoms with E-state index in [9.17, 15) is 9.59 Å². The van der Waals surface area contributed by atoms with Crippen LogP contribution in [0.5, 0.6) is 0 Å². The summed E-state index contributed by atoms with van der Waals surface area (Å²) >= 11 is 12.0. The Bertz CT molecular complexity index is 6230. The molecule has 132 heavy (non-hydrogen) atoms. The molecule has 18 rings (SSSR count). The van der Waals surface area contributed by atoms with E-state index in [1.807, 2.05) is 176 Å². The Kier molecular flexibility index (Phi) is 32.1. The smallest absolute Gasteiger partial charge is 0.775 e. The van der Waals surface area contributed by atoms with Crippen molar-refractivity contribution in [1.29, 1.82) is 5.53 Å². The van der Waals surface area contributed by atoms with E-state index < -0.39 is 17.3 Å². The number of hydrogen-bond donors (Lipinski definition) is 8. The summed E-state index contributed by atoms with van der Waals surface area (Å²) in [6.07, 6.45) is 26.9. The summed E-state index contributed by atoms with van der Waals surface area (Å²) in [6.45, 7) is 24.4. The summed E-state index contributed by atoms with van der Waals surface area (Å²) in [6, 6.07) is 23.3. The predicted molar refractivity (Wildman–Crippen MR) is 495 cm³/mol. The normalized spacial score (nSPS) is 20.0. The molecule has 6 aliphatic rings. The number of aromatic nitrogens is 12. The van der Waals surface area contributed by atoms with Gasteiger partial charge in [-0.3, -0.25) is 28.2 Å². The molecule has 3 aromatic carbocycles. The molecule has 0 radical (unpaired) electrons. The number of halogens is 1. The molecule has 9 aromatic heterocycles. The molecule has 45 nitrogen and oxygen atoms in total. The van der Waals surface area contributed by atoms with Gasteiger partial charge in [-0.1, -0.05) is 81.1 Å². The zero-order chi connectivity index (χ0) is 92.6. The number of ether oxygens (including phenoxy) is 5. The van der Waals surface area contributed by atoms with Crippen molar-refractivity contribution in [3.05, 3.63) is 152 Å². The third-order valence-corrected chi connectivity index (χ3v) is 26.4. The molecule has 15 heterocycles. The maximum Gasteiger partial charge on any atom is 1.00 e. The van der Waals surface area contributed by atoms with Gasteiger partial charge in [0.2, 0.25) is 17.8 Å². The molecular formula is C82H100BrN38NaO7S3. The van der Waals surface area contributed by atoms with Crippen LogP contribution in [0, 0.1) is 21.8 Å². The van der Waals surface area contributed by atoms with Crippen molar-refractivity contribution in [3.63, 3.8) is 0 Å². The maximum atomic E-state index is 12.6. The van der Waals surface area contributed by atoms with Crippen LogP contribution < -0.4 is 83.7 Å². The number of nitrogens with zero attached hydrogens (tertiary/aromatic N) is 30. The van der Waals surface area contributed by atoms with Crippen molar-refractivity contribution < 1.29 is 62.8 Å². The van der Waals surface area contributed by atoms with Crippen LogP contribution in [0.25, 0.3) is 49.7 Å². The Morgan fingerprint density at radius 1 is 0.470 bits per heavy atom. The quantitative estimate of drug-likeness (QED) is 0.0111. The SMILES string of the molecule is C[C@@H]1OCC2(CCN(c3ncc(Sc4ccnc5c(N)cccc45)c4nccn34)CC2)[C@@H]1N.C[C@@H]1OCC2(CCN(c3ncc(Sc4ccnc5c(N)cccc45)c4nccn34)CC2)[C@@H]1NC(=O)OC(C)(C)C.C[C@@H]1OCC2(CCN(c3ncc([S-])c4nccn34)CC2)[C@@H]1NC(=O)OC(C)(C)C.N=N/N=N/N=N/N=N/N=N/N=N/N=N/N=N/N.Nc1cccc2c(Br)ccnc12.[Na+]. The van der Waals surface area contributed by atoms with Crippen molar-refractivity contribution >= 4 is 149 Å². The van der Waals surface area contributed by atoms with E-state index in [4.69, 9.17) is 74.7 Å². The molecule has 13 N–H and O–H groups in total. The van der Waals surface area contributed by atoms with Crippen LogP contribution in [0.15, 0.2) is 254 Å². The van der Waals surface area contributed by atoms with Crippen LogP contribution in [-0.2, 0) is 36.3 Å². The monoisotopic (exact) mass is 1930 g/mol. The molecule has 0 aliphatic carbocycles. The van der Waals surface area contributed by atoms with Gasteiger partial charge in [0.15, 0.2) is 11.3 Å². The molecular weight excluding hydrogens is 1830 g/mol. The standard InChI is InChI=1S/C29H35N7O3S.C24H27N7OS.C20H29N5O3S.C9H7BrN2.H3N17.Na/c1-18-24(34-27(37)39-28(2,3)4)29(17-38-18)9-13-35(14-10-29)26-33-16-22(25-32-12-15-36(25)26)40-21-8-11-31-23-19(21)6-5-7-20(23)30;1-15-21(26)24(14-32-15)6-10-30(11-7-24)23-29-13-19(22-28-9-12-31(22)23)33-18-5-8-27-20-16(18)3-2-4-17(20)25;1-13-15(23-18(26)28-19(2,3)4)20(12-27-13)5-8-24(9-6-20)17-22-11-14(29)16-21-7-10-25(16)17;10-7-4-5-12-9-6(7)2-1-3-8(9)11;1-3-5-7-9-11-13-15-17-16-14-12-10-8-6-4-2;/h5-8,11-12,15-16,18,24H,9-10,13-14,17,30H2,1-4H3,(H,34,37);2-5,8-9,12-13,15,21H,6-7,10-11,14,25-26H2,1H3;7,10-11,13,15,29H,5-6,8-9,12H2,1-4H3,(H,23,26);1-5H,11H2;(H3,1,2,5,6,9,10,13,14,17);/q;;;;;+1/p-1/t18-,24+;15-,21+;13-,15+;;;/m000.../s1. The van der Waals surface area contributed by atoms with Crippen LogP contribution in [-0.4, -0.2) is 177 Å². The molecule has 0 bridgehead atoms. The Morgan fingerprint density at radius 3 is 1.20 bits per heavy atom. The number of benzene rings is 3. The number of fused-ring (bicyclic) bond motifs is 6. The number of anilines is 6. The van der Waals surface area contributed by atoms with E-state index in [2.05, 4.69) is 176 Å². The van der Waals surface area contributed by atoms with Crippen LogP contribution in [0.2, 0.25) is 0 Å². The van der Waals surface area contributed by atoms with Gasteiger partial charge in [0.05, 0.1) is 93.6 Å². The molecule has 12 aromatic rings. The number of amides is 2. The topological polar surface area (TPSA) is 583 Å². The zero-order valence-corrected chi connectivity index (χ0v) is 80.2. The first-order chi connectivity index (χ1) is 63.1. The summed E-state index contributed by atoms with van der Waals surface area (Å²) in [5.74, 6) is 7.21. The van der Waals surface area contributed by atoms with Gasteiger partial charge in [0.1, 0.15) is 16.8 Å². The average molecular weight is 1930 g/mol. The molecule has 50 heteroatoms. The van der Waals surface area contributed by atoms with Crippen molar-refractivity contribution in [2.45, 2.75) is 173 Å². The number of nitrogen functional groups attached to an aromatic ring is 3. The third kappa shape index (κ3) is 23.0. The fraction of sp³-hybridized carbons (Fsp3) is 0.427. The van der Waals surface area contributed by atoms with Crippen molar-refractivity contribution in [2.24, 2.45) is 106 Å². The second kappa shape index (κ2) is 43.5. The van der Waals surface area contributed by atoms with Gasteiger partial charge >= 0.3 is 41.7 Å². The Labute approximate surface area is 801 Å². The number of carbonyl (C=O) groups is 2. The second-order valence-corrected chi connectivity index (χ2v) is 37.2. The van der Waals surface area contributed by atoms with Gasteiger partial charge in [-0.25, -0.2) is 39.5 Å². The molecule has 6 atom stereocenters. The predicted octanol–water partition coefficient (Wildman–Crippen LogP) is 12.8. The number of hydrogen-bond acceptors (Lipinski definition) is 28. The number of nitrogens with two attached hydrogens (primary N) is 5. The van der Waals surface area contributed by atoms with E-state index in [1.54, 1.807) is 54.5 Å². The first-order valence-electron chi connectivity index (χ1n) is 41.8. The van der Waals surface area contributed by atoms with Crippen LogP contribution >= 0.6 is 39.5 Å². The minimum atomic E-state index is -0.548. The molecule has 0 saturated carbocycles.